The average Bonchev–Trinajstić information content (AvgIpc) is 2.50. The Morgan fingerprint density at radius 2 is 2.12 bits per heavy atom. The smallest absolute Gasteiger partial charge is 0.191 e. The van der Waals surface area contributed by atoms with Crippen molar-refractivity contribution >= 4 is 31.7 Å². The van der Waals surface area contributed by atoms with Crippen molar-refractivity contribution in [3.05, 3.63) is 34.3 Å². The molecule has 1 saturated carbocycles. The SMILES string of the molecule is CN=C(NCC1(c2cccc(Br)c2)CCC1)NC(C)CCS(C)(=O)=O. The highest BCUT2D eigenvalue weighted by Gasteiger charge is 2.38. The van der Waals surface area contributed by atoms with Crippen molar-refractivity contribution in [2.24, 2.45) is 4.99 Å². The van der Waals surface area contributed by atoms with Crippen LogP contribution in [0.5, 0.6) is 0 Å². The van der Waals surface area contributed by atoms with E-state index in [1.54, 1.807) is 7.05 Å². The molecule has 1 aliphatic carbocycles. The number of halogens is 1. The van der Waals surface area contributed by atoms with Gasteiger partial charge in [-0.1, -0.05) is 34.5 Å². The molecule has 0 saturated heterocycles. The number of nitrogens with zero attached hydrogens (tertiary/aromatic N) is 1. The van der Waals surface area contributed by atoms with Crippen LogP contribution in [0.15, 0.2) is 33.7 Å². The molecule has 0 aromatic heterocycles. The molecule has 1 unspecified atom stereocenters. The summed E-state index contributed by atoms with van der Waals surface area (Å²) in [5.74, 6) is 0.905. The van der Waals surface area contributed by atoms with Gasteiger partial charge in [-0.15, -0.1) is 0 Å². The number of rotatable bonds is 7. The quantitative estimate of drug-likeness (QED) is 0.516. The molecule has 0 heterocycles. The van der Waals surface area contributed by atoms with Crippen LogP contribution in [0.25, 0.3) is 0 Å². The monoisotopic (exact) mass is 429 g/mol. The lowest BCUT2D eigenvalue weighted by molar-refractivity contribution is 0.243. The van der Waals surface area contributed by atoms with Gasteiger partial charge in [0.2, 0.25) is 0 Å². The van der Waals surface area contributed by atoms with Gasteiger partial charge in [-0.25, -0.2) is 8.42 Å². The van der Waals surface area contributed by atoms with Crippen LogP contribution in [-0.2, 0) is 15.3 Å². The average molecular weight is 430 g/mol. The Bertz CT molecular complexity index is 715. The van der Waals surface area contributed by atoms with E-state index in [0.717, 1.165) is 29.8 Å². The molecule has 7 heteroatoms. The molecule has 140 valence electrons. The van der Waals surface area contributed by atoms with Crippen LogP contribution < -0.4 is 10.6 Å². The maximum atomic E-state index is 11.3. The Kier molecular flexibility index (Phi) is 6.91. The van der Waals surface area contributed by atoms with Crippen LogP contribution in [0.4, 0.5) is 0 Å². The summed E-state index contributed by atoms with van der Waals surface area (Å²) in [6.45, 7) is 2.80. The van der Waals surface area contributed by atoms with Crippen molar-refractivity contribution < 1.29 is 8.42 Å². The van der Waals surface area contributed by atoms with Crippen molar-refractivity contribution in [3.8, 4) is 0 Å². The Balaban J connectivity index is 1.93. The first-order valence-corrected chi connectivity index (χ1v) is 11.5. The molecule has 1 atom stereocenters. The molecule has 1 aliphatic rings. The summed E-state index contributed by atoms with van der Waals surface area (Å²) >= 11 is 3.56. The summed E-state index contributed by atoms with van der Waals surface area (Å²) in [5.41, 5.74) is 1.50. The zero-order valence-corrected chi connectivity index (χ0v) is 17.6. The highest BCUT2D eigenvalue weighted by molar-refractivity contribution is 9.10. The lowest BCUT2D eigenvalue weighted by Gasteiger charge is -2.43. The van der Waals surface area contributed by atoms with Gasteiger partial charge < -0.3 is 10.6 Å². The van der Waals surface area contributed by atoms with Gasteiger partial charge in [0.05, 0.1) is 5.75 Å². The fourth-order valence-corrected chi connectivity index (χ4v) is 4.31. The van der Waals surface area contributed by atoms with Crippen LogP contribution in [0.2, 0.25) is 0 Å². The van der Waals surface area contributed by atoms with Gasteiger partial charge in [0, 0.05) is 35.8 Å². The zero-order chi connectivity index (χ0) is 18.5. The van der Waals surface area contributed by atoms with E-state index in [0.29, 0.717) is 6.42 Å². The fourth-order valence-electron chi connectivity index (χ4n) is 3.13. The highest BCUT2D eigenvalue weighted by Crippen LogP contribution is 2.43. The Morgan fingerprint density at radius 1 is 1.40 bits per heavy atom. The van der Waals surface area contributed by atoms with Crippen molar-refractivity contribution in [2.75, 3.05) is 25.6 Å². The molecule has 1 aromatic rings. The molecular formula is C18H28BrN3O2S. The molecular weight excluding hydrogens is 402 g/mol. The van der Waals surface area contributed by atoms with E-state index in [4.69, 9.17) is 0 Å². The Hall–Kier alpha value is -1.08. The van der Waals surface area contributed by atoms with Crippen LogP contribution >= 0.6 is 15.9 Å². The predicted molar refractivity (Wildman–Crippen MR) is 108 cm³/mol. The third-order valence-electron chi connectivity index (χ3n) is 4.87. The van der Waals surface area contributed by atoms with Crippen LogP contribution in [0.1, 0.15) is 38.2 Å². The molecule has 0 amide bonds. The third kappa shape index (κ3) is 5.99. The number of hydrogen-bond acceptors (Lipinski definition) is 3. The van der Waals surface area contributed by atoms with Gasteiger partial charge in [-0.05, 0) is 43.9 Å². The molecule has 1 aromatic carbocycles. The van der Waals surface area contributed by atoms with Gasteiger partial charge in [-0.3, -0.25) is 4.99 Å². The number of nitrogens with one attached hydrogen (secondary N) is 2. The van der Waals surface area contributed by atoms with E-state index in [2.05, 4.69) is 49.8 Å². The standard InChI is InChI=1S/C18H28BrN3O2S/c1-14(8-11-25(3,23)24)22-17(20-2)21-13-18(9-5-10-18)15-6-4-7-16(19)12-15/h4,6-7,12,14H,5,8-11,13H2,1-3H3,(H2,20,21,22). The second-order valence-corrected chi connectivity index (χ2v) is 10.2. The first-order valence-electron chi connectivity index (χ1n) is 8.65. The molecule has 2 N–H and O–H groups in total. The summed E-state index contributed by atoms with van der Waals surface area (Å²) in [6.07, 6.45) is 5.40. The van der Waals surface area contributed by atoms with Gasteiger partial charge in [0.25, 0.3) is 0 Å². The van der Waals surface area contributed by atoms with E-state index in [1.165, 1.54) is 18.2 Å². The second-order valence-electron chi connectivity index (χ2n) is 7.03. The summed E-state index contributed by atoms with van der Waals surface area (Å²) in [4.78, 5) is 4.28. The predicted octanol–water partition coefficient (Wildman–Crippen LogP) is 2.86. The number of aliphatic imine (C=N–C) groups is 1. The van der Waals surface area contributed by atoms with E-state index < -0.39 is 9.84 Å². The molecule has 0 bridgehead atoms. The number of sulfone groups is 1. The molecule has 1 fully saturated rings. The Labute approximate surface area is 159 Å². The van der Waals surface area contributed by atoms with Crippen molar-refractivity contribution in [3.63, 3.8) is 0 Å². The first-order chi connectivity index (χ1) is 11.7. The van der Waals surface area contributed by atoms with Crippen molar-refractivity contribution in [1.29, 1.82) is 0 Å². The topological polar surface area (TPSA) is 70.6 Å². The maximum absolute atomic E-state index is 11.3. The van der Waals surface area contributed by atoms with E-state index >= 15 is 0 Å². The summed E-state index contributed by atoms with van der Waals surface area (Å²) < 4.78 is 23.7. The minimum Gasteiger partial charge on any atom is -0.356 e. The third-order valence-corrected chi connectivity index (χ3v) is 6.34. The second kappa shape index (κ2) is 8.54. The minimum atomic E-state index is -2.94. The van der Waals surface area contributed by atoms with Crippen LogP contribution in [0, 0.1) is 0 Å². The zero-order valence-electron chi connectivity index (χ0n) is 15.2. The number of guanidine groups is 1. The normalized spacial score (nSPS) is 18.3. The van der Waals surface area contributed by atoms with Crippen molar-refractivity contribution in [1.82, 2.24) is 10.6 Å². The maximum Gasteiger partial charge on any atom is 0.191 e. The molecule has 5 nitrogen and oxygen atoms in total. The van der Waals surface area contributed by atoms with Crippen LogP contribution in [-0.4, -0.2) is 46.0 Å². The number of hydrogen-bond donors (Lipinski definition) is 2. The van der Waals surface area contributed by atoms with Gasteiger partial charge in [0.1, 0.15) is 9.84 Å². The largest absolute Gasteiger partial charge is 0.356 e. The first kappa shape index (κ1) is 20.2. The summed E-state index contributed by atoms with van der Waals surface area (Å²) in [5, 5.41) is 6.72. The van der Waals surface area contributed by atoms with Crippen molar-refractivity contribution in [2.45, 2.75) is 44.1 Å². The molecule has 25 heavy (non-hydrogen) atoms. The molecule has 0 spiro atoms. The summed E-state index contributed by atoms with van der Waals surface area (Å²) in [7, 11) is -1.20. The molecule has 0 aliphatic heterocycles. The molecule has 0 radical (unpaired) electrons. The van der Waals surface area contributed by atoms with E-state index in [-0.39, 0.29) is 17.2 Å². The fraction of sp³-hybridized carbons (Fsp3) is 0.611. The number of benzene rings is 1. The van der Waals surface area contributed by atoms with E-state index in [1.807, 2.05) is 13.0 Å². The van der Waals surface area contributed by atoms with Crippen LogP contribution in [0.3, 0.4) is 0 Å². The Morgan fingerprint density at radius 3 is 2.64 bits per heavy atom. The highest BCUT2D eigenvalue weighted by atomic mass is 79.9. The molecule has 2 rings (SSSR count). The minimum absolute atomic E-state index is 0.0455. The van der Waals surface area contributed by atoms with E-state index in [9.17, 15) is 8.42 Å². The van der Waals surface area contributed by atoms with Gasteiger partial charge in [-0.2, -0.15) is 0 Å². The lowest BCUT2D eigenvalue weighted by Crippen LogP contribution is -2.50. The van der Waals surface area contributed by atoms with Gasteiger partial charge in [0.15, 0.2) is 5.96 Å². The summed E-state index contributed by atoms with van der Waals surface area (Å²) in [6, 6.07) is 8.57. The van der Waals surface area contributed by atoms with Gasteiger partial charge >= 0.3 is 0 Å². The lowest BCUT2D eigenvalue weighted by atomic mass is 9.64.